The number of nitrogens with one attached hydrogen (secondary N) is 3. The summed E-state index contributed by atoms with van der Waals surface area (Å²) < 4.78 is 5.48. The van der Waals surface area contributed by atoms with Gasteiger partial charge >= 0.3 is 12.1 Å². The molecular weight excluding hydrogens is 588 g/mol. The highest BCUT2D eigenvalue weighted by molar-refractivity contribution is 7.09. The molecule has 0 unspecified atom stereocenters. The summed E-state index contributed by atoms with van der Waals surface area (Å²) in [5.41, 5.74) is 3.90. The number of hydrogen-bond acceptors (Lipinski definition) is 7. The Morgan fingerprint density at radius 3 is 1.96 bits per heavy atom. The molecule has 2 aromatic carbocycles. The Kier molecular flexibility index (Phi) is 13.2. The minimum absolute atomic E-state index is 0.0976. The van der Waals surface area contributed by atoms with Gasteiger partial charge in [-0.1, -0.05) is 74.5 Å². The number of benzene rings is 2. The number of carbonyl (C=O) groups is 3. The largest absolute Gasteiger partial charge is 0.444 e. The molecule has 3 aromatic rings. The van der Waals surface area contributed by atoms with Crippen molar-refractivity contribution in [1.29, 1.82) is 0 Å². The van der Waals surface area contributed by atoms with Gasteiger partial charge in [0.05, 0.1) is 10.4 Å². The van der Waals surface area contributed by atoms with Crippen molar-refractivity contribution in [2.24, 2.45) is 5.92 Å². The fourth-order valence-corrected chi connectivity index (χ4v) is 5.87. The van der Waals surface area contributed by atoms with E-state index in [1.165, 1.54) is 11.3 Å². The zero-order valence-electron chi connectivity index (χ0n) is 26.5. The van der Waals surface area contributed by atoms with E-state index < -0.39 is 12.1 Å². The van der Waals surface area contributed by atoms with E-state index >= 15 is 0 Å². The molecule has 4 amide bonds. The molecule has 3 atom stereocenters. The topological polar surface area (TPSA) is 116 Å². The summed E-state index contributed by atoms with van der Waals surface area (Å²) in [6, 6.07) is 18.7. The van der Waals surface area contributed by atoms with Gasteiger partial charge in [0.1, 0.15) is 12.6 Å². The van der Waals surface area contributed by atoms with E-state index in [1.54, 1.807) is 16.6 Å². The standard InChI is InChI=1S/C34H46N6O4S/c1-25(2)31(38-33(42)40-18-16-39(3)17-19-40)32(41)36-28(20-26-10-6-4-7-11-26)14-15-29(21-27-12-8-5-9-13-27)37-34(43)44-23-30-22-35-24-45-30/h4-13,22,24-25,28-29,31H,14-21,23H2,1-3H3,(H,36,41)(H,37,43)(H,38,42)/t28-,29-,31+/m1/s1. The van der Waals surface area contributed by atoms with Crippen LogP contribution in [0.2, 0.25) is 0 Å². The molecule has 11 heteroatoms. The van der Waals surface area contributed by atoms with Gasteiger partial charge in [-0.05, 0) is 49.8 Å². The lowest BCUT2D eigenvalue weighted by Gasteiger charge is -2.34. The van der Waals surface area contributed by atoms with Crippen molar-refractivity contribution >= 4 is 29.4 Å². The third-order valence-corrected chi connectivity index (χ3v) is 8.78. The van der Waals surface area contributed by atoms with E-state index in [0.717, 1.165) is 29.1 Å². The Morgan fingerprint density at radius 1 is 0.844 bits per heavy atom. The molecule has 0 saturated carbocycles. The van der Waals surface area contributed by atoms with Crippen molar-refractivity contribution in [2.75, 3.05) is 33.2 Å². The molecule has 0 spiro atoms. The maximum atomic E-state index is 13.7. The predicted octanol–water partition coefficient (Wildman–Crippen LogP) is 4.47. The molecule has 1 aliphatic heterocycles. The summed E-state index contributed by atoms with van der Waals surface area (Å²) in [6.07, 6.45) is 3.68. The normalized spacial score (nSPS) is 15.6. The van der Waals surface area contributed by atoms with Crippen molar-refractivity contribution in [3.8, 4) is 0 Å². The Morgan fingerprint density at radius 2 is 1.42 bits per heavy atom. The second-order valence-corrected chi connectivity index (χ2v) is 13.0. The first kappa shape index (κ1) is 33.9. The Labute approximate surface area is 270 Å². The van der Waals surface area contributed by atoms with Crippen LogP contribution in [0.4, 0.5) is 9.59 Å². The highest BCUT2D eigenvalue weighted by Crippen LogP contribution is 2.15. The lowest BCUT2D eigenvalue weighted by Crippen LogP contribution is -2.57. The van der Waals surface area contributed by atoms with Gasteiger partial charge in [0.15, 0.2) is 0 Å². The van der Waals surface area contributed by atoms with Crippen molar-refractivity contribution in [3.05, 3.63) is 88.4 Å². The number of alkyl carbamates (subject to hydrolysis) is 1. The van der Waals surface area contributed by atoms with Gasteiger partial charge in [0.2, 0.25) is 5.91 Å². The number of likely N-dealkylation sites (N-methyl/N-ethyl adjacent to an activating group) is 1. The summed E-state index contributed by atoms with van der Waals surface area (Å²) in [6.45, 7) is 6.93. The first-order valence-electron chi connectivity index (χ1n) is 15.7. The van der Waals surface area contributed by atoms with E-state index in [-0.39, 0.29) is 36.5 Å². The Bertz CT molecular complexity index is 1320. The Balaban J connectivity index is 1.43. The van der Waals surface area contributed by atoms with Crippen LogP contribution in [0.1, 0.15) is 42.7 Å². The monoisotopic (exact) mass is 634 g/mol. The number of carbonyl (C=O) groups excluding carboxylic acids is 3. The molecular formula is C34H46N6O4S. The van der Waals surface area contributed by atoms with Crippen LogP contribution in [-0.4, -0.2) is 84.2 Å². The van der Waals surface area contributed by atoms with Gasteiger partial charge < -0.3 is 30.5 Å². The van der Waals surface area contributed by atoms with Crippen LogP contribution >= 0.6 is 11.3 Å². The van der Waals surface area contributed by atoms with Gasteiger partial charge in [0.25, 0.3) is 0 Å². The summed E-state index contributed by atoms with van der Waals surface area (Å²) in [5, 5.41) is 9.30. The molecule has 1 fully saturated rings. The molecule has 242 valence electrons. The molecule has 45 heavy (non-hydrogen) atoms. The molecule has 1 aliphatic rings. The maximum Gasteiger partial charge on any atom is 0.407 e. The number of thiazole rings is 1. The zero-order valence-corrected chi connectivity index (χ0v) is 27.3. The Hall–Kier alpha value is -3.96. The summed E-state index contributed by atoms with van der Waals surface area (Å²) in [7, 11) is 2.04. The summed E-state index contributed by atoms with van der Waals surface area (Å²) in [4.78, 5) is 48.5. The van der Waals surface area contributed by atoms with Crippen molar-refractivity contribution in [3.63, 3.8) is 0 Å². The number of aromatic nitrogens is 1. The summed E-state index contributed by atoms with van der Waals surface area (Å²) in [5.74, 6) is -0.301. The SMILES string of the molecule is CC(C)[C@H](NC(=O)N1CCN(C)CC1)C(=O)N[C@H](CC[C@H](Cc1ccccc1)NC(=O)OCc1cncs1)Cc1ccccc1. The van der Waals surface area contributed by atoms with Crippen LogP contribution in [0.25, 0.3) is 0 Å². The van der Waals surface area contributed by atoms with E-state index in [2.05, 4.69) is 25.8 Å². The van der Waals surface area contributed by atoms with Gasteiger partial charge in [-0.15, -0.1) is 11.3 Å². The van der Waals surface area contributed by atoms with Crippen LogP contribution in [0.5, 0.6) is 0 Å². The first-order valence-corrected chi connectivity index (χ1v) is 16.6. The van der Waals surface area contributed by atoms with Gasteiger partial charge in [-0.3, -0.25) is 9.78 Å². The summed E-state index contributed by atoms with van der Waals surface area (Å²) >= 11 is 1.44. The maximum absolute atomic E-state index is 13.7. The third-order valence-electron chi connectivity index (χ3n) is 8.03. The quantitative estimate of drug-likeness (QED) is 0.241. The minimum Gasteiger partial charge on any atom is -0.444 e. The zero-order chi connectivity index (χ0) is 32.0. The van der Waals surface area contributed by atoms with Gasteiger partial charge in [-0.25, -0.2) is 9.59 Å². The molecule has 2 heterocycles. The highest BCUT2D eigenvalue weighted by atomic mass is 32.1. The molecule has 3 N–H and O–H groups in total. The molecule has 0 bridgehead atoms. The van der Waals surface area contributed by atoms with Crippen LogP contribution < -0.4 is 16.0 Å². The van der Waals surface area contributed by atoms with E-state index in [4.69, 9.17) is 4.74 Å². The molecule has 10 nitrogen and oxygen atoms in total. The van der Waals surface area contributed by atoms with E-state index in [1.807, 2.05) is 81.6 Å². The smallest absolute Gasteiger partial charge is 0.407 e. The number of hydrogen-bond donors (Lipinski definition) is 3. The van der Waals surface area contributed by atoms with Crippen LogP contribution in [0.3, 0.4) is 0 Å². The van der Waals surface area contributed by atoms with E-state index in [9.17, 15) is 14.4 Å². The average molecular weight is 635 g/mol. The number of urea groups is 1. The number of amides is 4. The average Bonchev–Trinajstić information content (AvgIpc) is 3.56. The third kappa shape index (κ3) is 11.5. The van der Waals surface area contributed by atoms with Gasteiger partial charge in [-0.2, -0.15) is 0 Å². The van der Waals surface area contributed by atoms with Crippen molar-refractivity contribution < 1.29 is 19.1 Å². The van der Waals surface area contributed by atoms with Crippen LogP contribution in [0, 0.1) is 5.92 Å². The fourth-order valence-electron chi connectivity index (χ4n) is 5.37. The second kappa shape index (κ2) is 17.5. The molecule has 1 aromatic heterocycles. The molecule has 0 radical (unpaired) electrons. The van der Waals surface area contributed by atoms with Crippen LogP contribution in [-0.2, 0) is 29.0 Å². The van der Waals surface area contributed by atoms with Crippen molar-refractivity contribution in [1.82, 2.24) is 30.7 Å². The second-order valence-electron chi connectivity index (χ2n) is 12.0. The molecule has 1 saturated heterocycles. The first-order chi connectivity index (χ1) is 21.8. The molecule has 4 rings (SSSR count). The lowest BCUT2D eigenvalue weighted by atomic mass is 9.95. The molecule has 0 aliphatic carbocycles. The van der Waals surface area contributed by atoms with Gasteiger partial charge in [0, 0.05) is 44.5 Å². The number of rotatable bonds is 14. The van der Waals surface area contributed by atoms with Crippen molar-refractivity contribution in [2.45, 2.75) is 64.3 Å². The minimum atomic E-state index is -0.671. The fraction of sp³-hybridized carbons (Fsp3) is 0.471. The van der Waals surface area contributed by atoms with E-state index in [0.29, 0.717) is 38.8 Å². The van der Waals surface area contributed by atoms with Crippen LogP contribution in [0.15, 0.2) is 72.4 Å². The number of nitrogens with zero attached hydrogens (tertiary/aromatic N) is 3. The predicted molar refractivity (Wildman–Crippen MR) is 177 cm³/mol. The highest BCUT2D eigenvalue weighted by Gasteiger charge is 2.29. The number of piperazine rings is 1. The lowest BCUT2D eigenvalue weighted by molar-refractivity contribution is -0.124. The number of ether oxygens (including phenoxy) is 1.